The van der Waals surface area contributed by atoms with E-state index in [9.17, 15) is 0 Å². The second-order valence-electron chi connectivity index (χ2n) is 4.95. The van der Waals surface area contributed by atoms with Gasteiger partial charge in [-0.25, -0.2) is 0 Å². The zero-order valence-electron chi connectivity index (χ0n) is 8.97. The van der Waals surface area contributed by atoms with E-state index in [2.05, 4.69) is 66.5 Å². The number of halogens is 1. The molecule has 1 heterocycles. The van der Waals surface area contributed by atoms with E-state index in [0.29, 0.717) is 5.41 Å². The molecule has 1 saturated heterocycles. The maximum atomic E-state index is 2.45. The Labute approximate surface area is 99.6 Å². The monoisotopic (exact) mass is 301 g/mol. The fourth-order valence-corrected chi connectivity index (χ4v) is 2.45. The molecule has 1 aromatic rings. The van der Waals surface area contributed by atoms with Crippen LogP contribution in [0.1, 0.15) is 19.4 Å². The van der Waals surface area contributed by atoms with Gasteiger partial charge >= 0.3 is 0 Å². The third-order valence-corrected chi connectivity index (χ3v) is 3.92. The molecule has 0 atom stereocenters. The van der Waals surface area contributed by atoms with E-state index in [1.165, 1.54) is 27.9 Å². The van der Waals surface area contributed by atoms with Gasteiger partial charge in [-0.05, 0) is 52.6 Å². The summed E-state index contributed by atoms with van der Waals surface area (Å²) in [4.78, 5) is 2.45. The second kappa shape index (κ2) is 3.40. The smallest absolute Gasteiger partial charge is 0.0377 e. The summed E-state index contributed by atoms with van der Waals surface area (Å²) in [5, 5.41) is 0. The van der Waals surface area contributed by atoms with Crippen LogP contribution in [0.3, 0.4) is 0 Å². The molecule has 0 aromatic heterocycles. The van der Waals surface area contributed by atoms with E-state index in [4.69, 9.17) is 0 Å². The largest absolute Gasteiger partial charge is 0.370 e. The van der Waals surface area contributed by atoms with Crippen molar-refractivity contribution in [1.82, 2.24) is 0 Å². The van der Waals surface area contributed by atoms with Crippen LogP contribution in [-0.4, -0.2) is 13.1 Å². The number of rotatable bonds is 1. The summed E-state index contributed by atoms with van der Waals surface area (Å²) in [6.45, 7) is 9.18. The number of anilines is 1. The second-order valence-corrected chi connectivity index (χ2v) is 6.12. The van der Waals surface area contributed by atoms with E-state index in [0.717, 1.165) is 0 Å². The summed E-state index contributed by atoms with van der Waals surface area (Å²) < 4.78 is 1.37. The molecule has 0 bridgehead atoms. The molecule has 0 aliphatic carbocycles. The quantitative estimate of drug-likeness (QED) is 0.718. The molecule has 0 radical (unpaired) electrons. The summed E-state index contributed by atoms with van der Waals surface area (Å²) in [6.07, 6.45) is 0. The topological polar surface area (TPSA) is 3.24 Å². The fourth-order valence-electron chi connectivity index (χ4n) is 1.95. The zero-order valence-corrected chi connectivity index (χ0v) is 11.1. The minimum atomic E-state index is 0.510. The number of benzene rings is 1. The van der Waals surface area contributed by atoms with Gasteiger partial charge in [-0.3, -0.25) is 0 Å². The molecule has 2 heteroatoms. The number of aryl methyl sites for hydroxylation is 1. The zero-order chi connectivity index (χ0) is 10.3. The van der Waals surface area contributed by atoms with Gasteiger partial charge in [0.2, 0.25) is 0 Å². The van der Waals surface area contributed by atoms with E-state index < -0.39 is 0 Å². The van der Waals surface area contributed by atoms with Gasteiger partial charge in [0.1, 0.15) is 0 Å². The van der Waals surface area contributed by atoms with Crippen molar-refractivity contribution in [3.8, 4) is 0 Å². The molecule has 0 amide bonds. The molecule has 1 nitrogen and oxygen atoms in total. The molecule has 1 aromatic carbocycles. The average Bonchev–Trinajstić information content (AvgIpc) is 2.06. The Morgan fingerprint density at radius 1 is 1.29 bits per heavy atom. The van der Waals surface area contributed by atoms with Crippen LogP contribution in [0.25, 0.3) is 0 Å². The van der Waals surface area contributed by atoms with Crippen LogP contribution in [-0.2, 0) is 0 Å². The lowest BCUT2D eigenvalue weighted by atomic mass is 9.84. The van der Waals surface area contributed by atoms with Crippen molar-refractivity contribution in [2.75, 3.05) is 18.0 Å². The maximum absolute atomic E-state index is 2.45. The lowest BCUT2D eigenvalue weighted by Crippen LogP contribution is -2.53. The Kier molecular flexibility index (Phi) is 2.50. The van der Waals surface area contributed by atoms with Gasteiger partial charge in [-0.1, -0.05) is 19.9 Å². The van der Waals surface area contributed by atoms with Crippen LogP contribution in [0.15, 0.2) is 18.2 Å². The highest BCUT2D eigenvalue weighted by Gasteiger charge is 2.34. The Bertz CT molecular complexity index is 349. The van der Waals surface area contributed by atoms with Gasteiger partial charge in [0, 0.05) is 22.3 Å². The molecule has 0 N–H and O–H groups in total. The summed E-state index contributed by atoms with van der Waals surface area (Å²) in [5.74, 6) is 0. The molecule has 1 aliphatic rings. The molecule has 2 rings (SSSR count). The third-order valence-electron chi connectivity index (χ3n) is 2.76. The first-order valence-corrected chi connectivity index (χ1v) is 6.07. The van der Waals surface area contributed by atoms with Crippen molar-refractivity contribution < 1.29 is 0 Å². The van der Waals surface area contributed by atoms with Gasteiger partial charge in [-0.2, -0.15) is 0 Å². The third kappa shape index (κ3) is 1.90. The normalized spacial score (nSPS) is 19.3. The number of nitrogens with zero attached hydrogens (tertiary/aromatic N) is 1. The number of hydrogen-bond acceptors (Lipinski definition) is 1. The summed E-state index contributed by atoms with van der Waals surface area (Å²) >= 11 is 2.41. The van der Waals surface area contributed by atoms with Crippen LogP contribution in [0.4, 0.5) is 5.69 Å². The molecule has 1 aliphatic heterocycles. The molecule has 76 valence electrons. The van der Waals surface area contributed by atoms with Crippen LogP contribution in [0.5, 0.6) is 0 Å². The average molecular weight is 301 g/mol. The summed E-state index contributed by atoms with van der Waals surface area (Å²) in [6, 6.07) is 6.72. The van der Waals surface area contributed by atoms with E-state index in [1.807, 2.05) is 0 Å². The van der Waals surface area contributed by atoms with Gasteiger partial charge in [0.15, 0.2) is 0 Å². The fraction of sp³-hybridized carbons (Fsp3) is 0.500. The first kappa shape index (κ1) is 10.3. The van der Waals surface area contributed by atoms with E-state index in [1.54, 1.807) is 0 Å². The highest BCUT2D eigenvalue weighted by Crippen LogP contribution is 2.34. The molecule has 0 unspecified atom stereocenters. The van der Waals surface area contributed by atoms with Crippen molar-refractivity contribution in [2.24, 2.45) is 5.41 Å². The van der Waals surface area contributed by atoms with Crippen LogP contribution >= 0.6 is 22.6 Å². The van der Waals surface area contributed by atoms with Gasteiger partial charge in [-0.15, -0.1) is 0 Å². The SMILES string of the molecule is Cc1ccc(N2CC(C)(C)C2)cc1I. The number of hydrogen-bond donors (Lipinski definition) is 0. The van der Waals surface area contributed by atoms with Gasteiger partial charge in [0.25, 0.3) is 0 Å². The Morgan fingerprint density at radius 3 is 2.43 bits per heavy atom. The Morgan fingerprint density at radius 2 is 1.93 bits per heavy atom. The highest BCUT2D eigenvalue weighted by molar-refractivity contribution is 14.1. The lowest BCUT2D eigenvalue weighted by molar-refractivity contribution is 0.276. The van der Waals surface area contributed by atoms with Gasteiger partial charge in [0.05, 0.1) is 0 Å². The van der Waals surface area contributed by atoms with Crippen LogP contribution in [0, 0.1) is 15.9 Å². The minimum absolute atomic E-state index is 0.510. The molecule has 0 saturated carbocycles. The standard InChI is InChI=1S/C12H16IN/c1-9-4-5-10(6-11(9)13)14-7-12(2,3)8-14/h4-6H,7-8H2,1-3H3. The molecule has 0 spiro atoms. The van der Waals surface area contributed by atoms with Crippen molar-refractivity contribution in [3.63, 3.8) is 0 Å². The van der Waals surface area contributed by atoms with E-state index in [-0.39, 0.29) is 0 Å². The maximum Gasteiger partial charge on any atom is 0.0377 e. The molecular formula is C12H16IN. The predicted molar refractivity (Wildman–Crippen MR) is 69.9 cm³/mol. The molecular weight excluding hydrogens is 285 g/mol. The van der Waals surface area contributed by atoms with Gasteiger partial charge < -0.3 is 4.90 Å². The van der Waals surface area contributed by atoms with Crippen molar-refractivity contribution in [3.05, 3.63) is 27.3 Å². The summed E-state index contributed by atoms with van der Waals surface area (Å²) in [7, 11) is 0. The minimum Gasteiger partial charge on any atom is -0.370 e. The predicted octanol–water partition coefficient (Wildman–Crippen LogP) is 3.45. The van der Waals surface area contributed by atoms with Crippen LogP contribution in [0.2, 0.25) is 0 Å². The Balaban J connectivity index is 2.16. The van der Waals surface area contributed by atoms with Crippen molar-refractivity contribution >= 4 is 28.3 Å². The molecule has 1 fully saturated rings. The first-order valence-electron chi connectivity index (χ1n) is 4.99. The van der Waals surface area contributed by atoms with E-state index >= 15 is 0 Å². The van der Waals surface area contributed by atoms with Crippen molar-refractivity contribution in [1.29, 1.82) is 0 Å². The van der Waals surface area contributed by atoms with Crippen molar-refractivity contribution in [2.45, 2.75) is 20.8 Å². The molecule has 14 heavy (non-hydrogen) atoms. The lowest BCUT2D eigenvalue weighted by Gasteiger charge is -2.47. The summed E-state index contributed by atoms with van der Waals surface area (Å²) in [5.41, 5.74) is 3.25. The van der Waals surface area contributed by atoms with Crippen LogP contribution < -0.4 is 4.90 Å². The first-order chi connectivity index (χ1) is 6.48. The highest BCUT2D eigenvalue weighted by atomic mass is 127. The Hall–Kier alpha value is -0.250.